The fourth-order valence-corrected chi connectivity index (χ4v) is 2.99. The molecule has 1 aromatic heterocycles. The van der Waals surface area contributed by atoms with Gasteiger partial charge in [-0.3, -0.25) is 4.68 Å². The van der Waals surface area contributed by atoms with Crippen molar-refractivity contribution < 1.29 is 4.74 Å². The largest absolute Gasteiger partial charge is 0.383 e. The minimum absolute atomic E-state index is 0.436. The van der Waals surface area contributed by atoms with Gasteiger partial charge >= 0.3 is 0 Å². The summed E-state index contributed by atoms with van der Waals surface area (Å²) in [5, 5.41) is 4.66. The predicted molar refractivity (Wildman–Crippen MR) is 83.6 cm³/mol. The molecule has 5 heteroatoms. The van der Waals surface area contributed by atoms with E-state index in [0.717, 1.165) is 53.2 Å². The molecule has 0 spiro atoms. The Morgan fingerprint density at radius 1 is 1.25 bits per heavy atom. The molecule has 0 bridgehead atoms. The van der Waals surface area contributed by atoms with Crippen LogP contribution in [0.3, 0.4) is 0 Å². The number of nitrogen functional groups attached to an aromatic ring is 1. The SMILES string of the molecule is Cn1nc(C2CCOCC2)c(-c2ccc(Br)cc2)c1N. The van der Waals surface area contributed by atoms with Crippen molar-refractivity contribution in [3.05, 3.63) is 34.4 Å². The van der Waals surface area contributed by atoms with E-state index < -0.39 is 0 Å². The van der Waals surface area contributed by atoms with Crippen molar-refractivity contribution in [2.24, 2.45) is 7.05 Å². The third kappa shape index (κ3) is 2.47. The molecule has 2 heterocycles. The lowest BCUT2D eigenvalue weighted by Crippen LogP contribution is -2.15. The number of aromatic nitrogens is 2. The highest BCUT2D eigenvalue weighted by molar-refractivity contribution is 9.10. The molecule has 1 aromatic carbocycles. The predicted octanol–water partition coefficient (Wildman–Crippen LogP) is 3.33. The third-order valence-corrected chi connectivity index (χ3v) is 4.39. The lowest BCUT2D eigenvalue weighted by Gasteiger charge is -2.21. The second kappa shape index (κ2) is 5.58. The maximum Gasteiger partial charge on any atom is 0.129 e. The Balaban J connectivity index is 2.06. The van der Waals surface area contributed by atoms with Crippen LogP contribution in [0.2, 0.25) is 0 Å². The lowest BCUT2D eigenvalue weighted by molar-refractivity contribution is 0.0845. The van der Waals surface area contributed by atoms with E-state index in [1.165, 1.54) is 0 Å². The Bertz CT molecular complexity index is 600. The van der Waals surface area contributed by atoms with Crippen molar-refractivity contribution in [1.29, 1.82) is 0 Å². The van der Waals surface area contributed by atoms with Gasteiger partial charge in [-0.15, -0.1) is 0 Å². The van der Waals surface area contributed by atoms with Gasteiger partial charge in [0.05, 0.1) is 5.69 Å². The van der Waals surface area contributed by atoms with Gasteiger partial charge < -0.3 is 10.5 Å². The normalized spacial score (nSPS) is 16.5. The smallest absolute Gasteiger partial charge is 0.129 e. The van der Waals surface area contributed by atoms with Gasteiger partial charge in [0, 0.05) is 36.2 Å². The van der Waals surface area contributed by atoms with E-state index in [0.29, 0.717) is 5.92 Å². The van der Waals surface area contributed by atoms with Crippen molar-refractivity contribution >= 4 is 21.7 Å². The number of halogens is 1. The maximum absolute atomic E-state index is 6.24. The standard InChI is InChI=1S/C15H18BrN3O/c1-19-15(17)13(10-2-4-12(16)5-3-10)14(18-19)11-6-8-20-9-7-11/h2-5,11H,6-9,17H2,1H3. The molecule has 0 saturated carbocycles. The van der Waals surface area contributed by atoms with Crippen molar-refractivity contribution in [2.45, 2.75) is 18.8 Å². The molecule has 0 amide bonds. The molecule has 1 aliphatic rings. The van der Waals surface area contributed by atoms with E-state index in [1.807, 2.05) is 19.2 Å². The molecule has 0 atom stereocenters. The Kier molecular flexibility index (Phi) is 3.81. The van der Waals surface area contributed by atoms with Crippen LogP contribution in [0.15, 0.2) is 28.7 Å². The van der Waals surface area contributed by atoms with E-state index in [4.69, 9.17) is 10.5 Å². The number of nitrogens with two attached hydrogens (primary N) is 1. The summed E-state index contributed by atoms with van der Waals surface area (Å²) >= 11 is 3.47. The summed E-state index contributed by atoms with van der Waals surface area (Å²) in [5.41, 5.74) is 9.55. The number of nitrogens with zero attached hydrogens (tertiary/aromatic N) is 2. The van der Waals surface area contributed by atoms with Gasteiger partial charge in [-0.25, -0.2) is 0 Å². The Morgan fingerprint density at radius 2 is 1.90 bits per heavy atom. The van der Waals surface area contributed by atoms with Crippen LogP contribution in [0.4, 0.5) is 5.82 Å². The number of hydrogen-bond acceptors (Lipinski definition) is 3. The summed E-state index contributed by atoms with van der Waals surface area (Å²) in [6.45, 7) is 1.61. The minimum Gasteiger partial charge on any atom is -0.383 e. The molecule has 0 unspecified atom stereocenters. The highest BCUT2D eigenvalue weighted by Crippen LogP contribution is 2.37. The van der Waals surface area contributed by atoms with Crippen molar-refractivity contribution in [1.82, 2.24) is 9.78 Å². The molecular formula is C15H18BrN3O. The number of aryl methyl sites for hydroxylation is 1. The van der Waals surface area contributed by atoms with Gasteiger partial charge in [-0.2, -0.15) is 5.10 Å². The molecule has 3 rings (SSSR count). The first-order valence-electron chi connectivity index (χ1n) is 6.83. The van der Waals surface area contributed by atoms with Gasteiger partial charge in [0.25, 0.3) is 0 Å². The summed E-state index contributed by atoms with van der Waals surface area (Å²) in [6, 6.07) is 8.24. The molecule has 0 aliphatic carbocycles. The van der Waals surface area contributed by atoms with E-state index in [1.54, 1.807) is 4.68 Å². The van der Waals surface area contributed by atoms with Crippen LogP contribution < -0.4 is 5.73 Å². The minimum atomic E-state index is 0.436. The first kappa shape index (κ1) is 13.6. The monoisotopic (exact) mass is 335 g/mol. The van der Waals surface area contributed by atoms with Gasteiger partial charge in [0.1, 0.15) is 5.82 Å². The van der Waals surface area contributed by atoms with Gasteiger partial charge in [0.2, 0.25) is 0 Å². The van der Waals surface area contributed by atoms with E-state index in [-0.39, 0.29) is 0 Å². The Morgan fingerprint density at radius 3 is 2.55 bits per heavy atom. The number of anilines is 1. The molecule has 2 N–H and O–H groups in total. The second-order valence-corrected chi connectivity index (χ2v) is 6.08. The van der Waals surface area contributed by atoms with Crippen LogP contribution >= 0.6 is 15.9 Å². The van der Waals surface area contributed by atoms with Crippen LogP contribution in [0, 0.1) is 0 Å². The van der Waals surface area contributed by atoms with Crippen LogP contribution in [0.5, 0.6) is 0 Å². The summed E-state index contributed by atoms with van der Waals surface area (Å²) in [4.78, 5) is 0. The molecule has 1 fully saturated rings. The molecule has 1 aliphatic heterocycles. The van der Waals surface area contributed by atoms with E-state index in [9.17, 15) is 0 Å². The number of ether oxygens (including phenoxy) is 1. The zero-order valence-corrected chi connectivity index (χ0v) is 13.1. The van der Waals surface area contributed by atoms with Gasteiger partial charge in [-0.05, 0) is 30.5 Å². The molecular weight excluding hydrogens is 318 g/mol. The zero-order valence-electron chi connectivity index (χ0n) is 11.5. The maximum atomic E-state index is 6.24. The van der Waals surface area contributed by atoms with Gasteiger partial charge in [-0.1, -0.05) is 28.1 Å². The average Bonchev–Trinajstić information content (AvgIpc) is 2.77. The summed E-state index contributed by atoms with van der Waals surface area (Å²) < 4.78 is 8.29. The third-order valence-electron chi connectivity index (χ3n) is 3.86. The summed E-state index contributed by atoms with van der Waals surface area (Å²) in [7, 11) is 1.90. The summed E-state index contributed by atoms with van der Waals surface area (Å²) in [6.07, 6.45) is 2.03. The lowest BCUT2D eigenvalue weighted by atomic mass is 9.91. The van der Waals surface area contributed by atoms with E-state index in [2.05, 4.69) is 33.2 Å². The number of benzene rings is 1. The number of rotatable bonds is 2. The fourth-order valence-electron chi connectivity index (χ4n) is 2.73. The fraction of sp³-hybridized carbons (Fsp3) is 0.400. The summed E-state index contributed by atoms with van der Waals surface area (Å²) in [5.74, 6) is 1.17. The molecule has 2 aromatic rings. The quantitative estimate of drug-likeness (QED) is 0.915. The number of hydrogen-bond donors (Lipinski definition) is 1. The zero-order chi connectivity index (χ0) is 14.1. The molecule has 0 radical (unpaired) electrons. The van der Waals surface area contributed by atoms with Crippen LogP contribution in [0.25, 0.3) is 11.1 Å². The highest BCUT2D eigenvalue weighted by atomic mass is 79.9. The van der Waals surface area contributed by atoms with Gasteiger partial charge in [0.15, 0.2) is 0 Å². The molecule has 1 saturated heterocycles. The first-order chi connectivity index (χ1) is 9.66. The van der Waals surface area contributed by atoms with E-state index >= 15 is 0 Å². The molecule has 106 valence electrons. The van der Waals surface area contributed by atoms with Crippen LogP contribution in [-0.2, 0) is 11.8 Å². The Hall–Kier alpha value is -1.33. The molecule has 20 heavy (non-hydrogen) atoms. The van der Waals surface area contributed by atoms with Crippen LogP contribution in [0.1, 0.15) is 24.5 Å². The first-order valence-corrected chi connectivity index (χ1v) is 7.62. The van der Waals surface area contributed by atoms with Crippen LogP contribution in [-0.4, -0.2) is 23.0 Å². The second-order valence-electron chi connectivity index (χ2n) is 5.16. The highest BCUT2D eigenvalue weighted by Gasteiger charge is 2.25. The van der Waals surface area contributed by atoms with Crippen molar-refractivity contribution in [2.75, 3.05) is 18.9 Å². The van der Waals surface area contributed by atoms with Crippen molar-refractivity contribution in [3.63, 3.8) is 0 Å². The van der Waals surface area contributed by atoms with Crippen molar-refractivity contribution in [3.8, 4) is 11.1 Å². The average molecular weight is 336 g/mol. The topological polar surface area (TPSA) is 53.1 Å². The molecule has 4 nitrogen and oxygen atoms in total. The Labute approximate surface area is 127 Å².